The van der Waals surface area contributed by atoms with Crippen LogP contribution in [0.4, 0.5) is 0 Å². The summed E-state index contributed by atoms with van der Waals surface area (Å²) in [4.78, 5) is 15.1. The van der Waals surface area contributed by atoms with Gasteiger partial charge in [0.2, 0.25) is 0 Å². The SMILES string of the molecule is COC(=O)C1(C)CN(CCC(N)CSc2ccccc2)C1. The summed E-state index contributed by atoms with van der Waals surface area (Å²) in [5.74, 6) is 0.814. The smallest absolute Gasteiger partial charge is 0.314 e. The zero-order valence-corrected chi connectivity index (χ0v) is 13.6. The van der Waals surface area contributed by atoms with Gasteiger partial charge in [-0.25, -0.2) is 0 Å². The second-order valence-corrected chi connectivity index (χ2v) is 7.03. The predicted octanol–water partition coefficient (Wildman–Crippen LogP) is 1.99. The molecule has 0 bridgehead atoms. The van der Waals surface area contributed by atoms with E-state index in [4.69, 9.17) is 10.5 Å². The van der Waals surface area contributed by atoms with Crippen molar-refractivity contribution in [3.8, 4) is 0 Å². The van der Waals surface area contributed by atoms with Crippen molar-refractivity contribution in [3.63, 3.8) is 0 Å². The Balaban J connectivity index is 1.62. The highest BCUT2D eigenvalue weighted by Gasteiger charge is 2.45. The van der Waals surface area contributed by atoms with Gasteiger partial charge in [0.15, 0.2) is 0 Å². The Morgan fingerprint density at radius 2 is 2.10 bits per heavy atom. The van der Waals surface area contributed by atoms with Gasteiger partial charge in [0, 0.05) is 29.8 Å². The lowest BCUT2D eigenvalue weighted by Crippen LogP contribution is -2.59. The zero-order valence-electron chi connectivity index (χ0n) is 12.7. The van der Waals surface area contributed by atoms with Crippen LogP contribution in [-0.2, 0) is 9.53 Å². The Kier molecular flexibility index (Phi) is 5.67. The van der Waals surface area contributed by atoms with Gasteiger partial charge in [-0.05, 0) is 32.0 Å². The zero-order chi connectivity index (χ0) is 15.3. The van der Waals surface area contributed by atoms with Crippen molar-refractivity contribution in [2.24, 2.45) is 11.1 Å². The van der Waals surface area contributed by atoms with E-state index in [1.165, 1.54) is 12.0 Å². The summed E-state index contributed by atoms with van der Waals surface area (Å²) < 4.78 is 4.82. The van der Waals surface area contributed by atoms with Crippen molar-refractivity contribution in [1.82, 2.24) is 4.90 Å². The number of likely N-dealkylation sites (tertiary alicyclic amines) is 1. The Labute approximate surface area is 131 Å². The maximum Gasteiger partial charge on any atom is 0.314 e. The molecule has 0 aromatic heterocycles. The number of nitrogens with zero attached hydrogens (tertiary/aromatic N) is 1. The topological polar surface area (TPSA) is 55.6 Å². The molecule has 1 saturated heterocycles. The lowest BCUT2D eigenvalue weighted by molar-refractivity contribution is -0.162. The third kappa shape index (κ3) is 4.46. The van der Waals surface area contributed by atoms with E-state index < -0.39 is 0 Å². The van der Waals surface area contributed by atoms with E-state index in [2.05, 4.69) is 17.0 Å². The van der Waals surface area contributed by atoms with E-state index in [1.807, 2.05) is 25.1 Å². The molecule has 1 aliphatic rings. The molecule has 0 amide bonds. The number of hydrogen-bond acceptors (Lipinski definition) is 5. The van der Waals surface area contributed by atoms with Crippen LogP contribution in [0.5, 0.6) is 0 Å². The summed E-state index contributed by atoms with van der Waals surface area (Å²) in [6.07, 6.45) is 0.955. The van der Waals surface area contributed by atoms with Gasteiger partial charge in [0.1, 0.15) is 0 Å². The fourth-order valence-corrected chi connectivity index (χ4v) is 3.55. The molecule has 1 aromatic carbocycles. The van der Waals surface area contributed by atoms with Crippen LogP contribution in [0.1, 0.15) is 13.3 Å². The summed E-state index contributed by atoms with van der Waals surface area (Å²) in [6, 6.07) is 10.5. The van der Waals surface area contributed by atoms with E-state index in [1.54, 1.807) is 11.8 Å². The minimum Gasteiger partial charge on any atom is -0.469 e. The van der Waals surface area contributed by atoms with Crippen LogP contribution in [0.2, 0.25) is 0 Å². The minimum atomic E-state index is -0.322. The van der Waals surface area contributed by atoms with Crippen molar-refractivity contribution in [3.05, 3.63) is 30.3 Å². The molecule has 0 spiro atoms. The fourth-order valence-electron chi connectivity index (χ4n) is 2.63. The van der Waals surface area contributed by atoms with Crippen LogP contribution < -0.4 is 5.73 Å². The van der Waals surface area contributed by atoms with Crippen molar-refractivity contribution >= 4 is 17.7 Å². The fraction of sp³-hybridized carbons (Fsp3) is 0.562. The maximum atomic E-state index is 11.6. The van der Waals surface area contributed by atoms with Gasteiger partial charge in [-0.15, -0.1) is 11.8 Å². The average molecular weight is 308 g/mol. The monoisotopic (exact) mass is 308 g/mol. The first-order valence-electron chi connectivity index (χ1n) is 7.28. The molecule has 1 unspecified atom stereocenters. The number of rotatable bonds is 7. The average Bonchev–Trinajstić information content (AvgIpc) is 2.48. The number of hydrogen-bond donors (Lipinski definition) is 1. The first kappa shape index (κ1) is 16.3. The van der Waals surface area contributed by atoms with Crippen LogP contribution in [0, 0.1) is 5.41 Å². The lowest BCUT2D eigenvalue weighted by atomic mass is 9.82. The quantitative estimate of drug-likeness (QED) is 0.617. The summed E-state index contributed by atoms with van der Waals surface area (Å²) in [7, 11) is 1.45. The third-order valence-electron chi connectivity index (χ3n) is 3.85. The van der Waals surface area contributed by atoms with Gasteiger partial charge < -0.3 is 15.4 Å². The molecular weight excluding hydrogens is 284 g/mol. The van der Waals surface area contributed by atoms with E-state index in [-0.39, 0.29) is 17.4 Å². The molecule has 1 fully saturated rings. The molecule has 1 aliphatic heterocycles. The van der Waals surface area contributed by atoms with Crippen LogP contribution >= 0.6 is 11.8 Å². The van der Waals surface area contributed by atoms with Crippen LogP contribution in [-0.4, -0.2) is 49.4 Å². The number of carbonyl (C=O) groups excluding carboxylic acids is 1. The van der Waals surface area contributed by atoms with Crippen molar-refractivity contribution in [2.75, 3.05) is 32.5 Å². The Morgan fingerprint density at radius 1 is 1.43 bits per heavy atom. The number of esters is 1. The summed E-state index contributed by atoms with van der Waals surface area (Å²) in [6.45, 7) is 4.46. The van der Waals surface area contributed by atoms with Gasteiger partial charge in [-0.2, -0.15) is 0 Å². The van der Waals surface area contributed by atoms with Crippen molar-refractivity contribution < 1.29 is 9.53 Å². The second-order valence-electron chi connectivity index (χ2n) is 5.94. The molecule has 0 aliphatic carbocycles. The highest BCUT2D eigenvalue weighted by molar-refractivity contribution is 7.99. The molecule has 0 radical (unpaired) electrons. The number of benzene rings is 1. The summed E-state index contributed by atoms with van der Waals surface area (Å²) in [5.41, 5.74) is 5.84. The molecule has 0 saturated carbocycles. The molecule has 1 heterocycles. The van der Waals surface area contributed by atoms with E-state index in [9.17, 15) is 4.79 Å². The standard InChI is InChI=1S/C16H24N2O2S/c1-16(15(19)20-2)11-18(12-16)9-8-13(17)10-21-14-6-4-3-5-7-14/h3-7,13H,8-12,17H2,1-2H3. The van der Waals surface area contributed by atoms with Crippen LogP contribution in [0.3, 0.4) is 0 Å². The van der Waals surface area contributed by atoms with Gasteiger partial charge >= 0.3 is 5.97 Å². The number of thioether (sulfide) groups is 1. The van der Waals surface area contributed by atoms with Crippen LogP contribution in [0.25, 0.3) is 0 Å². The normalized spacial score (nSPS) is 18.8. The lowest BCUT2D eigenvalue weighted by Gasteiger charge is -2.46. The highest BCUT2D eigenvalue weighted by atomic mass is 32.2. The van der Waals surface area contributed by atoms with Crippen LogP contribution in [0.15, 0.2) is 35.2 Å². The number of ether oxygens (including phenoxy) is 1. The first-order valence-corrected chi connectivity index (χ1v) is 8.26. The number of nitrogens with two attached hydrogens (primary N) is 1. The Hall–Kier alpha value is -1.04. The second kappa shape index (κ2) is 7.29. The van der Waals surface area contributed by atoms with E-state index in [0.717, 1.165) is 31.8 Å². The van der Waals surface area contributed by atoms with Crippen molar-refractivity contribution in [1.29, 1.82) is 0 Å². The Morgan fingerprint density at radius 3 is 2.71 bits per heavy atom. The molecule has 5 heteroatoms. The van der Waals surface area contributed by atoms with Gasteiger partial charge in [0.05, 0.1) is 12.5 Å². The van der Waals surface area contributed by atoms with Gasteiger partial charge in [0.25, 0.3) is 0 Å². The van der Waals surface area contributed by atoms with E-state index in [0.29, 0.717) is 0 Å². The summed E-state index contributed by atoms with van der Waals surface area (Å²) in [5, 5.41) is 0. The first-order chi connectivity index (χ1) is 10.0. The molecule has 2 N–H and O–H groups in total. The molecule has 1 atom stereocenters. The third-order valence-corrected chi connectivity index (χ3v) is 5.05. The largest absolute Gasteiger partial charge is 0.469 e. The number of carbonyl (C=O) groups is 1. The molecule has 2 rings (SSSR count). The van der Waals surface area contributed by atoms with Gasteiger partial charge in [-0.1, -0.05) is 18.2 Å². The molecule has 116 valence electrons. The maximum absolute atomic E-state index is 11.6. The minimum absolute atomic E-state index is 0.109. The molecule has 1 aromatic rings. The molecule has 21 heavy (non-hydrogen) atoms. The predicted molar refractivity (Wildman–Crippen MR) is 86.3 cm³/mol. The van der Waals surface area contributed by atoms with E-state index >= 15 is 0 Å². The van der Waals surface area contributed by atoms with Gasteiger partial charge in [-0.3, -0.25) is 4.79 Å². The summed E-state index contributed by atoms with van der Waals surface area (Å²) >= 11 is 1.80. The number of methoxy groups -OCH3 is 1. The van der Waals surface area contributed by atoms with Crippen molar-refractivity contribution in [2.45, 2.75) is 24.3 Å². The highest BCUT2D eigenvalue weighted by Crippen LogP contribution is 2.31. The molecule has 4 nitrogen and oxygen atoms in total. The Bertz CT molecular complexity index is 461. The molecular formula is C16H24N2O2S.